The minimum Gasteiger partial charge on any atom is -0.364 e. The Balaban J connectivity index is 2.54. The third-order valence-corrected chi connectivity index (χ3v) is 4.96. The standard InChI is InChI=1S/C24H38O/c1-21(2,3)19-14-15-24(25-23(7,8)9,17-18-12-10-11-13-18)20(16-19)22(4,5)6/h10,12-14,16H,11,15,17H2,1-9H3. The molecule has 0 saturated carbocycles. The van der Waals surface area contributed by atoms with Crippen LogP contribution in [0.15, 0.2) is 47.1 Å². The van der Waals surface area contributed by atoms with Gasteiger partial charge in [-0.3, -0.25) is 0 Å². The molecule has 0 fully saturated rings. The summed E-state index contributed by atoms with van der Waals surface area (Å²) in [7, 11) is 0. The molecule has 1 heteroatoms. The van der Waals surface area contributed by atoms with Gasteiger partial charge in [-0.25, -0.2) is 0 Å². The molecule has 0 N–H and O–H groups in total. The molecule has 0 saturated heterocycles. The maximum atomic E-state index is 6.84. The highest BCUT2D eigenvalue weighted by molar-refractivity contribution is 5.43. The van der Waals surface area contributed by atoms with E-state index in [-0.39, 0.29) is 22.0 Å². The zero-order chi connectivity index (χ0) is 19.1. The number of allylic oxidation sites excluding steroid dienone is 5. The fourth-order valence-corrected chi connectivity index (χ4v) is 4.01. The molecule has 2 rings (SSSR count). The Morgan fingerprint density at radius 3 is 2.00 bits per heavy atom. The van der Waals surface area contributed by atoms with E-state index in [2.05, 4.69) is 92.7 Å². The second-order valence-electron chi connectivity index (χ2n) is 10.7. The van der Waals surface area contributed by atoms with Crippen LogP contribution in [-0.2, 0) is 4.74 Å². The molecule has 0 amide bonds. The van der Waals surface area contributed by atoms with Crippen molar-refractivity contribution in [3.05, 3.63) is 47.1 Å². The molecule has 1 unspecified atom stereocenters. The first-order valence-electron chi connectivity index (χ1n) is 9.72. The van der Waals surface area contributed by atoms with E-state index in [1.807, 2.05) is 0 Å². The zero-order valence-corrected chi connectivity index (χ0v) is 17.9. The van der Waals surface area contributed by atoms with E-state index in [1.54, 1.807) is 0 Å². The zero-order valence-electron chi connectivity index (χ0n) is 17.9. The minimum absolute atomic E-state index is 0.0683. The summed E-state index contributed by atoms with van der Waals surface area (Å²) in [4.78, 5) is 0. The maximum absolute atomic E-state index is 6.84. The van der Waals surface area contributed by atoms with Crippen LogP contribution in [0.5, 0.6) is 0 Å². The predicted octanol–water partition coefficient (Wildman–Crippen LogP) is 7.17. The van der Waals surface area contributed by atoms with Gasteiger partial charge < -0.3 is 4.74 Å². The van der Waals surface area contributed by atoms with Crippen molar-refractivity contribution >= 4 is 0 Å². The summed E-state index contributed by atoms with van der Waals surface area (Å²) < 4.78 is 6.84. The van der Waals surface area contributed by atoms with Crippen molar-refractivity contribution in [3.8, 4) is 0 Å². The van der Waals surface area contributed by atoms with Gasteiger partial charge in [0.25, 0.3) is 0 Å². The fraction of sp³-hybridized carbons (Fsp3) is 0.667. The fourth-order valence-electron chi connectivity index (χ4n) is 4.01. The van der Waals surface area contributed by atoms with Gasteiger partial charge in [0.15, 0.2) is 0 Å². The Morgan fingerprint density at radius 1 is 0.920 bits per heavy atom. The summed E-state index contributed by atoms with van der Waals surface area (Å²) in [5.74, 6) is 0. The van der Waals surface area contributed by atoms with Gasteiger partial charge in [0.05, 0.1) is 11.2 Å². The van der Waals surface area contributed by atoms with Crippen LogP contribution in [0.1, 0.15) is 81.6 Å². The monoisotopic (exact) mass is 342 g/mol. The molecule has 140 valence electrons. The van der Waals surface area contributed by atoms with Crippen molar-refractivity contribution in [3.63, 3.8) is 0 Å². The van der Waals surface area contributed by atoms with Gasteiger partial charge in [0.2, 0.25) is 0 Å². The second-order valence-corrected chi connectivity index (χ2v) is 10.7. The number of hydrogen-bond donors (Lipinski definition) is 0. The number of hydrogen-bond acceptors (Lipinski definition) is 1. The molecular weight excluding hydrogens is 304 g/mol. The molecule has 0 radical (unpaired) electrons. The van der Waals surface area contributed by atoms with E-state index in [1.165, 1.54) is 16.7 Å². The van der Waals surface area contributed by atoms with Gasteiger partial charge in [0, 0.05) is 6.42 Å². The molecule has 0 aromatic rings. The van der Waals surface area contributed by atoms with Gasteiger partial charge >= 0.3 is 0 Å². The number of rotatable bonds is 3. The van der Waals surface area contributed by atoms with Crippen LogP contribution in [0.3, 0.4) is 0 Å². The van der Waals surface area contributed by atoms with Gasteiger partial charge in [-0.2, -0.15) is 0 Å². The molecule has 0 spiro atoms. The van der Waals surface area contributed by atoms with E-state index in [0.29, 0.717) is 0 Å². The van der Waals surface area contributed by atoms with Crippen molar-refractivity contribution in [2.24, 2.45) is 10.8 Å². The molecule has 0 bridgehead atoms. The topological polar surface area (TPSA) is 9.23 Å². The Labute approximate surface area is 155 Å². The Kier molecular flexibility index (Phi) is 5.32. The molecule has 0 aromatic heterocycles. The highest BCUT2D eigenvalue weighted by Gasteiger charge is 2.45. The lowest BCUT2D eigenvalue weighted by Crippen LogP contribution is -2.46. The average molecular weight is 343 g/mol. The molecule has 25 heavy (non-hydrogen) atoms. The first-order valence-corrected chi connectivity index (χ1v) is 9.72. The van der Waals surface area contributed by atoms with E-state index in [4.69, 9.17) is 4.74 Å². The highest BCUT2D eigenvalue weighted by atomic mass is 16.5. The molecule has 2 aliphatic rings. The number of ether oxygens (including phenoxy) is 1. The minimum atomic E-state index is -0.258. The van der Waals surface area contributed by atoms with Gasteiger partial charge in [-0.1, -0.05) is 71.9 Å². The van der Waals surface area contributed by atoms with Crippen LogP contribution in [0.4, 0.5) is 0 Å². The molecule has 0 aromatic carbocycles. The lowest BCUT2D eigenvalue weighted by molar-refractivity contribution is -0.117. The molecule has 0 heterocycles. The maximum Gasteiger partial charge on any atom is 0.0981 e. The largest absolute Gasteiger partial charge is 0.364 e. The normalized spacial score (nSPS) is 24.9. The Morgan fingerprint density at radius 2 is 1.56 bits per heavy atom. The van der Waals surface area contributed by atoms with Crippen molar-refractivity contribution in [2.45, 2.75) is 92.8 Å². The molecule has 1 nitrogen and oxygen atoms in total. The highest BCUT2D eigenvalue weighted by Crippen LogP contribution is 2.49. The Hall–Kier alpha value is -1.08. The molecular formula is C24H38O. The third kappa shape index (κ3) is 4.97. The predicted molar refractivity (Wildman–Crippen MR) is 110 cm³/mol. The van der Waals surface area contributed by atoms with Crippen LogP contribution in [-0.4, -0.2) is 11.2 Å². The van der Waals surface area contributed by atoms with Gasteiger partial charge in [-0.05, 0) is 61.2 Å². The summed E-state index contributed by atoms with van der Waals surface area (Å²) in [6.07, 6.45) is 14.7. The van der Waals surface area contributed by atoms with Crippen LogP contribution >= 0.6 is 0 Å². The van der Waals surface area contributed by atoms with Crippen molar-refractivity contribution < 1.29 is 4.74 Å². The van der Waals surface area contributed by atoms with Crippen LogP contribution in [0.2, 0.25) is 0 Å². The molecule has 0 aliphatic heterocycles. The molecule has 2 aliphatic carbocycles. The summed E-state index contributed by atoms with van der Waals surface area (Å²) in [5.41, 5.74) is 4.07. The van der Waals surface area contributed by atoms with Crippen LogP contribution in [0, 0.1) is 10.8 Å². The van der Waals surface area contributed by atoms with E-state index in [9.17, 15) is 0 Å². The van der Waals surface area contributed by atoms with Gasteiger partial charge in [0.1, 0.15) is 0 Å². The summed E-state index contributed by atoms with van der Waals surface area (Å²) in [6.45, 7) is 20.4. The third-order valence-electron chi connectivity index (χ3n) is 4.96. The summed E-state index contributed by atoms with van der Waals surface area (Å²) in [5, 5.41) is 0. The van der Waals surface area contributed by atoms with Crippen molar-refractivity contribution in [2.75, 3.05) is 0 Å². The van der Waals surface area contributed by atoms with Crippen LogP contribution in [0.25, 0.3) is 0 Å². The van der Waals surface area contributed by atoms with E-state index >= 15 is 0 Å². The molecule has 1 atom stereocenters. The van der Waals surface area contributed by atoms with Crippen LogP contribution < -0.4 is 0 Å². The van der Waals surface area contributed by atoms with Gasteiger partial charge in [-0.15, -0.1) is 0 Å². The smallest absolute Gasteiger partial charge is 0.0981 e. The first-order chi connectivity index (χ1) is 11.2. The van der Waals surface area contributed by atoms with E-state index in [0.717, 1.165) is 19.3 Å². The summed E-state index contributed by atoms with van der Waals surface area (Å²) >= 11 is 0. The quantitative estimate of drug-likeness (QED) is 0.528. The summed E-state index contributed by atoms with van der Waals surface area (Å²) in [6, 6.07) is 0. The SMILES string of the molecule is CC(C)(C)OC1(CC2=CCC=C2)CC=C(C(C)(C)C)C=C1C(C)(C)C. The van der Waals surface area contributed by atoms with E-state index < -0.39 is 0 Å². The first kappa shape index (κ1) is 20.2. The second kappa shape index (κ2) is 6.58. The lowest BCUT2D eigenvalue weighted by atomic mass is 9.66. The van der Waals surface area contributed by atoms with Crippen molar-refractivity contribution in [1.82, 2.24) is 0 Å². The average Bonchev–Trinajstić information content (AvgIpc) is 2.86. The van der Waals surface area contributed by atoms with Crippen molar-refractivity contribution in [1.29, 1.82) is 0 Å². The Bertz CT molecular complexity index is 620. The lowest BCUT2D eigenvalue weighted by Gasteiger charge is -2.48.